The van der Waals surface area contributed by atoms with E-state index in [4.69, 9.17) is 0 Å². The maximum atomic E-state index is 12.5. The number of piperidine rings is 2. The van der Waals surface area contributed by atoms with E-state index in [0.717, 1.165) is 19.4 Å². The molecule has 0 aromatic rings. The summed E-state index contributed by atoms with van der Waals surface area (Å²) in [6.07, 6.45) is 3.32. The first kappa shape index (κ1) is 14.3. The van der Waals surface area contributed by atoms with Crippen LogP contribution in [0, 0.1) is 11.3 Å². The van der Waals surface area contributed by atoms with Crippen LogP contribution in [0.15, 0.2) is 0 Å². The van der Waals surface area contributed by atoms with Crippen molar-refractivity contribution in [1.82, 2.24) is 10.2 Å². The molecule has 2 saturated heterocycles. The summed E-state index contributed by atoms with van der Waals surface area (Å²) in [5.41, 5.74) is -0.664. The van der Waals surface area contributed by atoms with Gasteiger partial charge in [0.05, 0.1) is 11.5 Å². The van der Waals surface area contributed by atoms with Crippen molar-refractivity contribution in [3.05, 3.63) is 0 Å². The Morgan fingerprint density at radius 2 is 1.95 bits per heavy atom. The number of carboxylic acids is 1. The van der Waals surface area contributed by atoms with Crippen LogP contribution in [-0.4, -0.2) is 47.6 Å². The molecule has 2 unspecified atom stereocenters. The van der Waals surface area contributed by atoms with Crippen molar-refractivity contribution < 1.29 is 14.7 Å². The van der Waals surface area contributed by atoms with Crippen molar-refractivity contribution in [2.45, 2.75) is 45.6 Å². The van der Waals surface area contributed by atoms with Gasteiger partial charge in [-0.15, -0.1) is 0 Å². The Kier molecular flexibility index (Phi) is 4.13. The van der Waals surface area contributed by atoms with E-state index in [2.05, 4.69) is 12.2 Å². The Labute approximate surface area is 114 Å². The van der Waals surface area contributed by atoms with Crippen LogP contribution in [0.25, 0.3) is 0 Å². The zero-order valence-electron chi connectivity index (χ0n) is 11.8. The molecule has 0 bridgehead atoms. The van der Waals surface area contributed by atoms with Crippen molar-refractivity contribution in [1.29, 1.82) is 0 Å². The number of hydrogen-bond donors (Lipinski definition) is 2. The normalized spacial score (nSPS) is 30.9. The van der Waals surface area contributed by atoms with Crippen LogP contribution in [0.5, 0.6) is 0 Å². The van der Waals surface area contributed by atoms with Gasteiger partial charge >= 0.3 is 5.97 Å². The van der Waals surface area contributed by atoms with E-state index in [1.807, 2.05) is 4.90 Å². The Bertz CT molecular complexity index is 362. The van der Waals surface area contributed by atoms with Crippen LogP contribution in [0.1, 0.15) is 39.5 Å². The van der Waals surface area contributed by atoms with Gasteiger partial charge in [0, 0.05) is 13.1 Å². The molecule has 2 heterocycles. The molecule has 0 aromatic heterocycles. The van der Waals surface area contributed by atoms with Crippen molar-refractivity contribution in [3.8, 4) is 0 Å². The SMILES string of the molecule is CC1CCCNC1C(=O)N1CCC(C)(C(=O)O)CC1. The van der Waals surface area contributed by atoms with Gasteiger partial charge in [0.1, 0.15) is 0 Å². The van der Waals surface area contributed by atoms with Crippen molar-refractivity contribution >= 4 is 11.9 Å². The minimum atomic E-state index is -0.747. The predicted octanol–water partition coefficient (Wildman–Crippen LogP) is 1.09. The zero-order valence-corrected chi connectivity index (χ0v) is 11.8. The fraction of sp³-hybridized carbons (Fsp3) is 0.857. The van der Waals surface area contributed by atoms with Crippen molar-refractivity contribution in [2.75, 3.05) is 19.6 Å². The van der Waals surface area contributed by atoms with E-state index in [9.17, 15) is 14.7 Å². The first-order chi connectivity index (χ1) is 8.94. The standard InChI is InChI=1S/C14H24N2O3/c1-10-4-3-7-15-11(10)12(17)16-8-5-14(2,6-9-16)13(18)19/h10-11,15H,3-9H2,1-2H3,(H,18,19). The first-order valence-corrected chi connectivity index (χ1v) is 7.19. The molecule has 2 rings (SSSR count). The third-order valence-electron chi connectivity index (χ3n) is 4.73. The van der Waals surface area contributed by atoms with Crippen molar-refractivity contribution in [3.63, 3.8) is 0 Å². The Balaban J connectivity index is 1.94. The number of nitrogens with one attached hydrogen (secondary N) is 1. The molecular weight excluding hydrogens is 244 g/mol. The van der Waals surface area contributed by atoms with Gasteiger partial charge in [0.15, 0.2) is 0 Å². The molecule has 0 spiro atoms. The van der Waals surface area contributed by atoms with Crippen LogP contribution in [0.3, 0.4) is 0 Å². The summed E-state index contributed by atoms with van der Waals surface area (Å²) >= 11 is 0. The summed E-state index contributed by atoms with van der Waals surface area (Å²) < 4.78 is 0. The lowest BCUT2D eigenvalue weighted by Crippen LogP contribution is -2.55. The molecule has 2 atom stereocenters. The van der Waals surface area contributed by atoms with Gasteiger partial charge < -0.3 is 15.3 Å². The van der Waals surface area contributed by atoms with E-state index < -0.39 is 11.4 Å². The Morgan fingerprint density at radius 3 is 2.47 bits per heavy atom. The smallest absolute Gasteiger partial charge is 0.309 e. The first-order valence-electron chi connectivity index (χ1n) is 7.19. The highest BCUT2D eigenvalue weighted by molar-refractivity contribution is 5.83. The van der Waals surface area contributed by atoms with Crippen LogP contribution in [0.2, 0.25) is 0 Å². The van der Waals surface area contributed by atoms with Crippen LogP contribution in [-0.2, 0) is 9.59 Å². The van der Waals surface area contributed by atoms with E-state index in [-0.39, 0.29) is 11.9 Å². The molecule has 2 aliphatic heterocycles. The average molecular weight is 268 g/mol. The number of carbonyl (C=O) groups is 2. The molecule has 1 amide bonds. The summed E-state index contributed by atoms with van der Waals surface area (Å²) in [6.45, 7) is 5.92. The highest BCUT2D eigenvalue weighted by atomic mass is 16.4. The second kappa shape index (κ2) is 5.49. The van der Waals surface area contributed by atoms with Gasteiger partial charge in [0.2, 0.25) is 5.91 Å². The maximum Gasteiger partial charge on any atom is 0.309 e. The van der Waals surface area contributed by atoms with Gasteiger partial charge in [-0.2, -0.15) is 0 Å². The maximum absolute atomic E-state index is 12.5. The highest BCUT2D eigenvalue weighted by Gasteiger charge is 2.40. The van der Waals surface area contributed by atoms with Crippen molar-refractivity contribution in [2.24, 2.45) is 11.3 Å². The van der Waals surface area contributed by atoms with E-state index in [0.29, 0.717) is 31.8 Å². The molecule has 2 N–H and O–H groups in total. The van der Waals surface area contributed by atoms with Gasteiger partial charge in [-0.05, 0) is 45.1 Å². The monoisotopic (exact) mass is 268 g/mol. The minimum Gasteiger partial charge on any atom is -0.481 e. The highest BCUT2D eigenvalue weighted by Crippen LogP contribution is 2.31. The number of carbonyl (C=O) groups excluding carboxylic acids is 1. The summed E-state index contributed by atoms with van der Waals surface area (Å²) in [5, 5.41) is 12.5. The number of likely N-dealkylation sites (tertiary alicyclic amines) is 1. The molecule has 0 aliphatic carbocycles. The van der Waals surface area contributed by atoms with E-state index in [1.54, 1.807) is 6.92 Å². The van der Waals surface area contributed by atoms with Crippen LogP contribution < -0.4 is 5.32 Å². The molecule has 5 nitrogen and oxygen atoms in total. The molecule has 0 radical (unpaired) electrons. The molecule has 2 fully saturated rings. The largest absolute Gasteiger partial charge is 0.481 e. The number of amides is 1. The fourth-order valence-electron chi connectivity index (χ4n) is 3.01. The second-order valence-corrected chi connectivity index (χ2v) is 6.24. The Morgan fingerprint density at radius 1 is 1.32 bits per heavy atom. The summed E-state index contributed by atoms with van der Waals surface area (Å²) in [7, 11) is 0. The lowest BCUT2D eigenvalue weighted by atomic mass is 9.80. The summed E-state index contributed by atoms with van der Waals surface area (Å²) in [6, 6.07) is -0.0806. The quantitative estimate of drug-likeness (QED) is 0.786. The van der Waals surface area contributed by atoms with Crippen LogP contribution >= 0.6 is 0 Å². The second-order valence-electron chi connectivity index (χ2n) is 6.24. The minimum absolute atomic E-state index is 0.0806. The van der Waals surface area contributed by atoms with Gasteiger partial charge in [-0.3, -0.25) is 9.59 Å². The van der Waals surface area contributed by atoms with Gasteiger partial charge in [0.25, 0.3) is 0 Å². The third-order valence-corrected chi connectivity index (χ3v) is 4.73. The Hall–Kier alpha value is -1.10. The van der Waals surface area contributed by atoms with Gasteiger partial charge in [-0.1, -0.05) is 6.92 Å². The molecular formula is C14H24N2O3. The lowest BCUT2D eigenvalue weighted by Gasteiger charge is -2.40. The number of nitrogens with zero attached hydrogens (tertiary/aromatic N) is 1. The topological polar surface area (TPSA) is 69.6 Å². The summed E-state index contributed by atoms with van der Waals surface area (Å²) in [4.78, 5) is 25.5. The number of aliphatic carboxylic acids is 1. The average Bonchev–Trinajstić information content (AvgIpc) is 2.39. The number of rotatable bonds is 2. The zero-order chi connectivity index (χ0) is 14.0. The molecule has 2 aliphatic rings. The molecule has 0 aromatic carbocycles. The van der Waals surface area contributed by atoms with E-state index in [1.165, 1.54) is 0 Å². The molecule has 108 valence electrons. The third kappa shape index (κ3) is 2.91. The van der Waals surface area contributed by atoms with E-state index >= 15 is 0 Å². The molecule has 19 heavy (non-hydrogen) atoms. The molecule has 0 saturated carbocycles. The summed E-state index contributed by atoms with van der Waals surface area (Å²) in [5.74, 6) is -0.225. The predicted molar refractivity (Wildman–Crippen MR) is 71.7 cm³/mol. The molecule has 5 heteroatoms. The van der Waals surface area contributed by atoms with Crippen LogP contribution in [0.4, 0.5) is 0 Å². The number of carboxylic acid groups (broad SMARTS) is 1. The van der Waals surface area contributed by atoms with Gasteiger partial charge in [-0.25, -0.2) is 0 Å². The fourth-order valence-corrected chi connectivity index (χ4v) is 3.01. The number of hydrogen-bond acceptors (Lipinski definition) is 3. The lowest BCUT2D eigenvalue weighted by molar-refractivity contribution is -0.153.